The lowest BCUT2D eigenvalue weighted by molar-refractivity contribution is -0.384. The van der Waals surface area contributed by atoms with Crippen molar-refractivity contribution in [2.45, 2.75) is 27.7 Å². The minimum Gasteiger partial charge on any atom is -0.292 e. The molecule has 0 spiro atoms. The zero-order valence-electron chi connectivity index (χ0n) is 13.2. The highest BCUT2D eigenvalue weighted by Crippen LogP contribution is 2.59. The molecule has 1 fully saturated rings. The zero-order chi connectivity index (χ0) is 16.5. The number of nitrogens with one attached hydrogen (secondary N) is 2. The fourth-order valence-corrected chi connectivity index (χ4v) is 2.79. The Hall–Kier alpha value is -2.37. The summed E-state index contributed by atoms with van der Waals surface area (Å²) in [5, 5.41) is 10.9. The molecule has 1 amide bonds. The number of hydrogen-bond acceptors (Lipinski definition) is 4. The third kappa shape index (κ3) is 3.10. The summed E-state index contributed by atoms with van der Waals surface area (Å²) < 4.78 is 0. The molecule has 0 bridgehead atoms. The molecule has 0 aliphatic heterocycles. The van der Waals surface area contributed by atoms with Crippen molar-refractivity contribution in [3.63, 3.8) is 0 Å². The minimum atomic E-state index is -0.485. The summed E-state index contributed by atoms with van der Waals surface area (Å²) in [5.41, 5.74) is 6.55. The molecule has 22 heavy (non-hydrogen) atoms. The van der Waals surface area contributed by atoms with E-state index in [0.717, 1.165) is 0 Å². The van der Waals surface area contributed by atoms with Gasteiger partial charge in [0.15, 0.2) is 0 Å². The maximum Gasteiger partial charge on any atom is 0.294 e. The lowest BCUT2D eigenvalue weighted by Crippen LogP contribution is -2.32. The smallest absolute Gasteiger partial charge is 0.292 e. The standard InChI is InChI=1S/C16H21N3O3/c1-10(2)9-11-14(16(11,3)4)15(20)18-17-12-7-5-6-8-13(12)19(21)22/h5-9,11,14,17H,1-4H3,(H,18,20). The molecule has 0 radical (unpaired) electrons. The lowest BCUT2D eigenvalue weighted by Gasteiger charge is -2.09. The van der Waals surface area contributed by atoms with Crippen molar-refractivity contribution in [3.8, 4) is 0 Å². The topological polar surface area (TPSA) is 84.3 Å². The van der Waals surface area contributed by atoms with E-state index >= 15 is 0 Å². The number of para-hydroxylation sites is 2. The Labute approximate surface area is 129 Å². The first-order valence-corrected chi connectivity index (χ1v) is 7.19. The Bertz CT molecular complexity index is 633. The molecule has 6 heteroatoms. The van der Waals surface area contributed by atoms with Gasteiger partial charge in [-0.1, -0.05) is 37.6 Å². The van der Waals surface area contributed by atoms with Crippen LogP contribution in [0.25, 0.3) is 0 Å². The number of rotatable bonds is 5. The Morgan fingerprint density at radius 1 is 1.32 bits per heavy atom. The predicted octanol–water partition coefficient (Wildman–Crippen LogP) is 3.28. The number of amides is 1. The van der Waals surface area contributed by atoms with E-state index in [0.29, 0.717) is 0 Å². The van der Waals surface area contributed by atoms with Crippen molar-refractivity contribution in [2.75, 3.05) is 5.43 Å². The predicted molar refractivity (Wildman–Crippen MR) is 85.1 cm³/mol. The second-order valence-electron chi connectivity index (χ2n) is 6.46. The van der Waals surface area contributed by atoms with Gasteiger partial charge in [-0.2, -0.15) is 0 Å². The molecule has 118 valence electrons. The van der Waals surface area contributed by atoms with Gasteiger partial charge in [0, 0.05) is 6.07 Å². The van der Waals surface area contributed by atoms with Gasteiger partial charge >= 0.3 is 0 Å². The molecular formula is C16H21N3O3. The third-order valence-electron chi connectivity index (χ3n) is 4.13. The fraction of sp³-hybridized carbons (Fsp3) is 0.438. The van der Waals surface area contributed by atoms with E-state index in [1.54, 1.807) is 18.2 Å². The summed E-state index contributed by atoms with van der Waals surface area (Å²) in [5.74, 6) is -0.0756. The van der Waals surface area contributed by atoms with E-state index in [1.165, 1.54) is 11.6 Å². The van der Waals surface area contributed by atoms with Gasteiger partial charge in [-0.3, -0.25) is 25.8 Å². The fourth-order valence-electron chi connectivity index (χ4n) is 2.79. The Kier molecular flexibility index (Phi) is 4.21. The van der Waals surface area contributed by atoms with Crippen molar-refractivity contribution in [1.82, 2.24) is 5.43 Å². The molecule has 2 unspecified atom stereocenters. The molecular weight excluding hydrogens is 282 g/mol. The van der Waals surface area contributed by atoms with Crippen molar-refractivity contribution >= 4 is 17.3 Å². The van der Waals surface area contributed by atoms with Crippen molar-refractivity contribution in [1.29, 1.82) is 0 Å². The molecule has 2 N–H and O–H groups in total. The van der Waals surface area contributed by atoms with Crippen LogP contribution in [0, 0.1) is 27.4 Å². The van der Waals surface area contributed by atoms with Gasteiger partial charge in [0.05, 0.1) is 10.8 Å². The van der Waals surface area contributed by atoms with Crippen LogP contribution >= 0.6 is 0 Å². The van der Waals surface area contributed by atoms with Crippen molar-refractivity contribution < 1.29 is 9.72 Å². The van der Waals surface area contributed by atoms with Crippen molar-refractivity contribution in [3.05, 3.63) is 46.0 Å². The van der Waals surface area contributed by atoms with Gasteiger partial charge in [-0.05, 0) is 31.2 Å². The first kappa shape index (κ1) is 16.0. The van der Waals surface area contributed by atoms with E-state index in [4.69, 9.17) is 0 Å². The van der Waals surface area contributed by atoms with Gasteiger partial charge in [-0.25, -0.2) is 0 Å². The highest BCUT2D eigenvalue weighted by molar-refractivity contribution is 5.85. The Morgan fingerprint density at radius 3 is 2.55 bits per heavy atom. The number of nitro groups is 1. The first-order chi connectivity index (χ1) is 10.2. The van der Waals surface area contributed by atoms with Crippen LogP contribution in [0.1, 0.15) is 27.7 Å². The maximum absolute atomic E-state index is 12.3. The zero-order valence-corrected chi connectivity index (χ0v) is 13.2. The average Bonchev–Trinajstić information content (AvgIpc) is 2.96. The van der Waals surface area contributed by atoms with Crippen LogP contribution in [0.15, 0.2) is 35.9 Å². The van der Waals surface area contributed by atoms with Crippen LogP contribution < -0.4 is 10.9 Å². The van der Waals surface area contributed by atoms with E-state index in [-0.39, 0.29) is 34.5 Å². The SMILES string of the molecule is CC(C)=CC1C(C(=O)NNc2ccccc2[N+](=O)[O-])C1(C)C. The van der Waals surface area contributed by atoms with Gasteiger partial charge in [0.1, 0.15) is 5.69 Å². The number of carbonyl (C=O) groups excluding carboxylic acids is 1. The summed E-state index contributed by atoms with van der Waals surface area (Å²) in [4.78, 5) is 22.7. The monoisotopic (exact) mass is 303 g/mol. The quantitative estimate of drug-likeness (QED) is 0.496. The number of hydrazine groups is 1. The van der Waals surface area contributed by atoms with Crippen LogP contribution in [0.2, 0.25) is 0 Å². The number of nitro benzene ring substituents is 1. The lowest BCUT2D eigenvalue weighted by atomic mass is 10.1. The van der Waals surface area contributed by atoms with E-state index in [1.807, 2.05) is 27.7 Å². The molecule has 1 aromatic carbocycles. The number of nitrogens with zero attached hydrogens (tertiary/aromatic N) is 1. The number of carbonyl (C=O) groups is 1. The molecule has 1 aromatic rings. The summed E-state index contributed by atoms with van der Waals surface area (Å²) in [7, 11) is 0. The van der Waals surface area contributed by atoms with Crippen LogP contribution in [-0.4, -0.2) is 10.8 Å². The Balaban J connectivity index is 2.03. The summed E-state index contributed by atoms with van der Waals surface area (Å²) in [6, 6.07) is 6.21. The number of allylic oxidation sites excluding steroid dienone is 2. The van der Waals surface area contributed by atoms with Crippen LogP contribution in [0.3, 0.4) is 0 Å². The normalized spacial score (nSPS) is 21.6. The second kappa shape index (κ2) is 5.79. The molecule has 1 saturated carbocycles. The molecule has 0 heterocycles. The van der Waals surface area contributed by atoms with Crippen LogP contribution in [0.5, 0.6) is 0 Å². The molecule has 6 nitrogen and oxygen atoms in total. The van der Waals surface area contributed by atoms with Crippen LogP contribution in [-0.2, 0) is 4.79 Å². The van der Waals surface area contributed by atoms with Gasteiger partial charge < -0.3 is 0 Å². The average molecular weight is 303 g/mol. The van der Waals surface area contributed by atoms with Crippen molar-refractivity contribution in [2.24, 2.45) is 17.3 Å². The first-order valence-electron chi connectivity index (χ1n) is 7.19. The number of anilines is 1. The summed E-state index contributed by atoms with van der Waals surface area (Å²) in [6.07, 6.45) is 2.11. The summed E-state index contributed by atoms with van der Waals surface area (Å²) >= 11 is 0. The third-order valence-corrected chi connectivity index (χ3v) is 4.13. The largest absolute Gasteiger partial charge is 0.294 e. The number of benzene rings is 1. The highest BCUT2D eigenvalue weighted by Gasteiger charge is 2.60. The van der Waals surface area contributed by atoms with Crippen LogP contribution in [0.4, 0.5) is 11.4 Å². The molecule has 1 aliphatic carbocycles. The van der Waals surface area contributed by atoms with Gasteiger partial charge in [-0.15, -0.1) is 0 Å². The highest BCUT2D eigenvalue weighted by atomic mass is 16.6. The molecule has 0 saturated heterocycles. The van der Waals surface area contributed by atoms with Gasteiger partial charge in [0.25, 0.3) is 5.69 Å². The van der Waals surface area contributed by atoms with Gasteiger partial charge in [0.2, 0.25) is 5.91 Å². The van der Waals surface area contributed by atoms with E-state index in [9.17, 15) is 14.9 Å². The van der Waals surface area contributed by atoms with E-state index in [2.05, 4.69) is 16.9 Å². The molecule has 2 rings (SSSR count). The Morgan fingerprint density at radius 2 is 1.95 bits per heavy atom. The second-order valence-corrected chi connectivity index (χ2v) is 6.46. The molecule has 1 aliphatic rings. The number of hydrogen-bond donors (Lipinski definition) is 2. The summed E-state index contributed by atoms with van der Waals surface area (Å²) in [6.45, 7) is 8.11. The van der Waals surface area contributed by atoms with E-state index < -0.39 is 4.92 Å². The minimum absolute atomic E-state index is 0.0706. The maximum atomic E-state index is 12.3. The molecule has 0 aromatic heterocycles. The molecule has 2 atom stereocenters.